The van der Waals surface area contributed by atoms with Crippen LogP contribution < -0.4 is 10.2 Å². The number of halogens is 4. The second kappa shape index (κ2) is 13.8. The number of anilines is 2. The van der Waals surface area contributed by atoms with Gasteiger partial charge in [-0.2, -0.15) is 0 Å². The van der Waals surface area contributed by atoms with Crippen molar-refractivity contribution in [3.8, 4) is 11.4 Å². The van der Waals surface area contributed by atoms with Crippen LogP contribution >= 0.6 is 46.4 Å². The third-order valence-electron chi connectivity index (χ3n) is 7.54. The lowest BCUT2D eigenvalue weighted by Gasteiger charge is -2.27. The Labute approximate surface area is 292 Å². The molecule has 0 saturated carbocycles. The van der Waals surface area contributed by atoms with Crippen LogP contribution in [0.1, 0.15) is 0 Å². The van der Waals surface area contributed by atoms with Crippen molar-refractivity contribution < 1.29 is 24.5 Å². The number of rotatable bonds is 11. The number of nitrogens with zero attached hydrogens (tertiary/aromatic N) is 7. The normalized spacial score (nSPS) is 12.6. The minimum absolute atomic E-state index is 0.123. The van der Waals surface area contributed by atoms with Crippen LogP contribution in [0.5, 0.6) is 0 Å². The molecule has 6 aromatic rings. The lowest BCUT2D eigenvalue weighted by atomic mass is 10.1. The zero-order chi connectivity index (χ0) is 34.1. The van der Waals surface area contributed by atoms with E-state index in [0.29, 0.717) is 33.2 Å². The number of hydrogen-bond acceptors (Lipinski definition) is 10. The van der Waals surface area contributed by atoms with E-state index in [-0.39, 0.29) is 31.7 Å². The largest absolute Gasteiger partial charge is 0.480 e. The molecule has 4 aromatic heterocycles. The number of aliphatic hydroxyl groups excluding tert-OH is 1. The number of carbonyl (C=O) groups excluding carboxylic acids is 1. The van der Waals surface area contributed by atoms with Crippen LogP contribution in [0, 0.1) is 0 Å². The van der Waals surface area contributed by atoms with Crippen molar-refractivity contribution in [2.24, 2.45) is 0 Å². The van der Waals surface area contributed by atoms with Gasteiger partial charge < -0.3 is 34.3 Å². The Hall–Kier alpha value is -4.66. The molecule has 0 amide bonds. The number of aliphatic carboxylic acids is 1. The number of pyridine rings is 2. The highest BCUT2D eigenvalue weighted by Crippen LogP contribution is 2.36. The Morgan fingerprint density at radius 2 is 1.46 bits per heavy atom. The molecule has 0 aliphatic heterocycles. The molecule has 2 atom stereocenters. The summed E-state index contributed by atoms with van der Waals surface area (Å²) in [5.41, 5.74) is 1.91. The van der Waals surface area contributed by atoms with E-state index in [0.717, 1.165) is 0 Å². The standard InChI is InChI=1S/C31H24Cl4N8O5/c1-41(25-11-22(43-9-7-37-15-43)17-3-5-19(33)27(35)29(17)40-25)23(12-44)31(47)48-13-20(30(45)46)38-24-10-21(42-8-6-36-14-42)16-2-4-18(32)26(34)28(16)39-24/h2-11,14-15,20,23,44H,12-13H2,1H3,(H,38,39)(H,45,46)/t20-,23-/m0/s1. The zero-order valence-corrected chi connectivity index (χ0v) is 27.8. The highest BCUT2D eigenvalue weighted by Gasteiger charge is 2.29. The smallest absolute Gasteiger partial charge is 0.331 e. The molecular formula is C31H24Cl4N8O5. The number of carbonyl (C=O) groups is 2. The number of carboxylic acids is 1. The van der Waals surface area contributed by atoms with Crippen LogP contribution in [0.3, 0.4) is 0 Å². The number of esters is 1. The predicted octanol–water partition coefficient (Wildman–Crippen LogP) is 5.67. The highest BCUT2D eigenvalue weighted by molar-refractivity contribution is 6.45. The number of hydrogen-bond donors (Lipinski definition) is 3. The fraction of sp³-hybridized carbons (Fsp3) is 0.161. The van der Waals surface area contributed by atoms with Gasteiger partial charge in [0.25, 0.3) is 0 Å². The third kappa shape index (κ3) is 6.42. The number of likely N-dealkylation sites (N-methyl/N-ethyl adjacent to an activating group) is 1. The first-order chi connectivity index (χ1) is 23.1. The van der Waals surface area contributed by atoms with Gasteiger partial charge in [0.15, 0.2) is 12.1 Å². The third-order valence-corrected chi connectivity index (χ3v) is 9.13. The Morgan fingerprint density at radius 3 is 1.98 bits per heavy atom. The summed E-state index contributed by atoms with van der Waals surface area (Å²) in [7, 11) is 1.53. The van der Waals surface area contributed by atoms with Gasteiger partial charge in [-0.15, -0.1) is 0 Å². The Bertz CT molecular complexity index is 2150. The number of nitrogens with one attached hydrogen (secondary N) is 1. The summed E-state index contributed by atoms with van der Waals surface area (Å²) in [5, 5.41) is 25.3. The van der Waals surface area contributed by atoms with Crippen molar-refractivity contribution in [1.29, 1.82) is 0 Å². The van der Waals surface area contributed by atoms with Gasteiger partial charge in [0.05, 0.1) is 61.8 Å². The summed E-state index contributed by atoms with van der Waals surface area (Å²) in [4.78, 5) is 44.3. The molecule has 13 nitrogen and oxygen atoms in total. The van der Waals surface area contributed by atoms with E-state index >= 15 is 0 Å². The number of benzene rings is 2. The molecule has 0 bridgehead atoms. The number of fused-ring (bicyclic) bond motifs is 2. The number of aliphatic hydroxyl groups is 1. The molecule has 0 radical (unpaired) electrons. The molecule has 6 rings (SSSR count). The molecule has 0 fully saturated rings. The van der Waals surface area contributed by atoms with Gasteiger partial charge in [0.2, 0.25) is 0 Å². The van der Waals surface area contributed by atoms with Gasteiger partial charge in [0, 0.05) is 54.7 Å². The first kappa shape index (κ1) is 33.2. The van der Waals surface area contributed by atoms with Crippen LogP contribution in [0.25, 0.3) is 33.2 Å². The molecule has 48 heavy (non-hydrogen) atoms. The molecule has 0 saturated heterocycles. The Balaban J connectivity index is 1.26. The summed E-state index contributed by atoms with van der Waals surface area (Å²) in [5.74, 6) is -1.86. The van der Waals surface area contributed by atoms with Crippen molar-refractivity contribution in [2.75, 3.05) is 30.5 Å². The minimum Gasteiger partial charge on any atom is -0.480 e. The maximum Gasteiger partial charge on any atom is 0.331 e. The molecule has 17 heteroatoms. The quantitative estimate of drug-likeness (QED) is 0.141. The summed E-state index contributed by atoms with van der Waals surface area (Å²) in [6.45, 7) is -1.29. The number of carboxylic acid groups (broad SMARTS) is 1. The number of ether oxygens (including phenoxy) is 1. The summed E-state index contributed by atoms with van der Waals surface area (Å²) < 4.78 is 8.88. The number of aromatic nitrogens is 6. The maximum absolute atomic E-state index is 13.3. The molecule has 3 N–H and O–H groups in total. The van der Waals surface area contributed by atoms with Gasteiger partial charge in [-0.1, -0.05) is 46.4 Å². The Kier molecular flexibility index (Phi) is 9.58. The SMILES string of the molecule is CN(c1cc(-n2ccnc2)c2ccc(Cl)c(Cl)c2n1)[C@@H](CO)C(=O)OC[C@H](Nc1cc(-n2ccnc2)c2ccc(Cl)c(Cl)c2n1)C(=O)O. The van der Waals surface area contributed by atoms with Crippen molar-refractivity contribution in [3.05, 3.63) is 93.9 Å². The first-order valence-electron chi connectivity index (χ1n) is 14.1. The summed E-state index contributed by atoms with van der Waals surface area (Å²) >= 11 is 25.5. The fourth-order valence-electron chi connectivity index (χ4n) is 5.03. The number of imidazole rings is 2. The van der Waals surface area contributed by atoms with E-state index in [2.05, 4.69) is 25.3 Å². The summed E-state index contributed by atoms with van der Waals surface area (Å²) in [6.07, 6.45) is 9.76. The van der Waals surface area contributed by atoms with Crippen molar-refractivity contribution in [1.82, 2.24) is 29.1 Å². The molecule has 0 aliphatic rings. The van der Waals surface area contributed by atoms with Crippen LogP contribution in [0.2, 0.25) is 20.1 Å². The molecule has 0 aliphatic carbocycles. The van der Waals surface area contributed by atoms with E-state index in [9.17, 15) is 19.8 Å². The average Bonchev–Trinajstić information content (AvgIpc) is 3.82. The van der Waals surface area contributed by atoms with Gasteiger partial charge in [-0.05, 0) is 24.3 Å². The van der Waals surface area contributed by atoms with Crippen molar-refractivity contribution >= 4 is 91.8 Å². The molecule has 4 heterocycles. The predicted molar refractivity (Wildman–Crippen MR) is 183 cm³/mol. The molecule has 0 unspecified atom stereocenters. The Morgan fingerprint density at radius 1 is 0.896 bits per heavy atom. The average molecular weight is 730 g/mol. The van der Waals surface area contributed by atoms with Crippen molar-refractivity contribution in [2.45, 2.75) is 12.1 Å². The molecule has 2 aromatic carbocycles. The lowest BCUT2D eigenvalue weighted by molar-refractivity contribution is -0.149. The second-order valence-corrected chi connectivity index (χ2v) is 12.0. The summed E-state index contributed by atoms with van der Waals surface area (Å²) in [6, 6.07) is 7.36. The van der Waals surface area contributed by atoms with Crippen LogP contribution in [-0.4, -0.2) is 83.6 Å². The zero-order valence-electron chi connectivity index (χ0n) is 24.8. The fourth-order valence-corrected chi connectivity index (χ4v) is 5.75. The van der Waals surface area contributed by atoms with Gasteiger partial charge in [-0.3, -0.25) is 0 Å². The van der Waals surface area contributed by atoms with Crippen LogP contribution in [-0.2, 0) is 14.3 Å². The topological polar surface area (TPSA) is 161 Å². The highest BCUT2D eigenvalue weighted by atomic mass is 35.5. The van der Waals surface area contributed by atoms with E-state index in [1.54, 1.807) is 83.0 Å². The minimum atomic E-state index is -1.44. The van der Waals surface area contributed by atoms with E-state index in [4.69, 9.17) is 51.1 Å². The second-order valence-electron chi connectivity index (χ2n) is 10.5. The lowest BCUT2D eigenvalue weighted by Crippen LogP contribution is -2.45. The monoisotopic (exact) mass is 728 g/mol. The molecule has 246 valence electrons. The van der Waals surface area contributed by atoms with E-state index in [1.165, 1.54) is 11.9 Å². The van der Waals surface area contributed by atoms with Crippen LogP contribution in [0.15, 0.2) is 73.8 Å². The van der Waals surface area contributed by atoms with Gasteiger partial charge in [-0.25, -0.2) is 29.5 Å². The van der Waals surface area contributed by atoms with Crippen LogP contribution in [0.4, 0.5) is 11.6 Å². The molecular weight excluding hydrogens is 706 g/mol. The van der Waals surface area contributed by atoms with Crippen molar-refractivity contribution in [3.63, 3.8) is 0 Å². The van der Waals surface area contributed by atoms with Gasteiger partial charge in [0.1, 0.15) is 18.2 Å². The van der Waals surface area contributed by atoms with E-state index in [1.807, 2.05) is 0 Å². The van der Waals surface area contributed by atoms with E-state index < -0.39 is 37.2 Å². The van der Waals surface area contributed by atoms with Gasteiger partial charge >= 0.3 is 11.9 Å². The first-order valence-corrected chi connectivity index (χ1v) is 15.6. The maximum atomic E-state index is 13.3. The molecule has 0 spiro atoms.